The first kappa shape index (κ1) is 17.0. The monoisotopic (exact) mass is 316 g/mol. The number of aromatic nitrogens is 1. The number of pyridine rings is 1. The second-order valence-electron chi connectivity index (χ2n) is 6.45. The Morgan fingerprint density at radius 3 is 2.65 bits per heavy atom. The van der Waals surface area contributed by atoms with E-state index < -0.39 is 5.60 Å². The fourth-order valence-electron chi connectivity index (χ4n) is 2.47. The van der Waals surface area contributed by atoms with E-state index in [1.807, 2.05) is 46.0 Å². The molecule has 0 saturated carbocycles. The van der Waals surface area contributed by atoms with Gasteiger partial charge in [-0.2, -0.15) is 0 Å². The van der Waals surface area contributed by atoms with Gasteiger partial charge >= 0.3 is 6.09 Å². The molecule has 0 radical (unpaired) electrons. The summed E-state index contributed by atoms with van der Waals surface area (Å²) >= 11 is 0. The van der Waals surface area contributed by atoms with E-state index in [0.717, 1.165) is 17.0 Å². The van der Waals surface area contributed by atoms with Crippen LogP contribution in [0.25, 0.3) is 5.70 Å². The molecule has 6 nitrogen and oxygen atoms in total. The first-order valence-electron chi connectivity index (χ1n) is 7.70. The van der Waals surface area contributed by atoms with Crippen molar-refractivity contribution in [2.24, 2.45) is 0 Å². The molecule has 1 saturated heterocycles. The Bertz CT molecular complexity index is 617. The van der Waals surface area contributed by atoms with Crippen LogP contribution in [0.15, 0.2) is 30.0 Å². The molecule has 2 rings (SSSR count). The third-order valence-corrected chi connectivity index (χ3v) is 3.47. The number of carbonyl (C=O) groups is 1. The van der Waals surface area contributed by atoms with Crippen LogP contribution in [0.2, 0.25) is 0 Å². The number of likely N-dealkylation sites (tertiary alicyclic amines) is 1. The van der Waals surface area contributed by atoms with Crippen molar-refractivity contribution in [3.63, 3.8) is 0 Å². The maximum absolute atomic E-state index is 12.1. The highest BCUT2D eigenvalue weighted by atomic mass is 16.6. The number of amides is 1. The largest absolute Gasteiger partial charge is 0.444 e. The minimum absolute atomic E-state index is 0.252. The molecule has 1 amide bonds. The predicted molar refractivity (Wildman–Crippen MR) is 90.4 cm³/mol. The zero-order chi connectivity index (χ0) is 17.0. The average molecular weight is 316 g/mol. The maximum atomic E-state index is 12.1. The molecule has 1 aliphatic rings. The number of rotatable bonds is 2. The third-order valence-electron chi connectivity index (χ3n) is 3.47. The number of hydrogen-bond donors (Lipinski definition) is 2. The molecule has 0 unspecified atom stereocenters. The van der Waals surface area contributed by atoms with Gasteiger partial charge in [-0.1, -0.05) is 6.07 Å². The topological polar surface area (TPSA) is 78.3 Å². The Hall–Kier alpha value is -2.37. The van der Waals surface area contributed by atoms with Crippen molar-refractivity contribution in [2.75, 3.05) is 20.1 Å². The minimum atomic E-state index is -0.528. The van der Waals surface area contributed by atoms with Gasteiger partial charge in [0.1, 0.15) is 5.60 Å². The Balaban J connectivity index is 2.16. The van der Waals surface area contributed by atoms with Crippen molar-refractivity contribution < 1.29 is 9.53 Å². The number of nitrogens with zero attached hydrogens (tertiary/aromatic N) is 2. The highest BCUT2D eigenvalue weighted by molar-refractivity contribution is 6.06. The number of piperidine rings is 1. The standard InChI is InChI=1S/C17H24N4O2/c1-17(2,3)23-16(22)21-10-8-12(13(18)11-21)15(19-4)14-7-5-6-9-20-14/h5-7,9,18-19H,8,10-11H2,1-4H3/b15-12-,18-13?. The van der Waals surface area contributed by atoms with Crippen molar-refractivity contribution in [2.45, 2.75) is 32.8 Å². The van der Waals surface area contributed by atoms with E-state index in [1.165, 1.54) is 0 Å². The van der Waals surface area contributed by atoms with Crippen LogP contribution in [0.1, 0.15) is 32.9 Å². The van der Waals surface area contributed by atoms with Gasteiger partial charge in [0, 0.05) is 25.4 Å². The smallest absolute Gasteiger partial charge is 0.410 e. The van der Waals surface area contributed by atoms with Crippen molar-refractivity contribution in [1.82, 2.24) is 15.2 Å². The molecule has 2 N–H and O–H groups in total. The number of carbonyl (C=O) groups excluding carboxylic acids is 1. The lowest BCUT2D eigenvalue weighted by Gasteiger charge is -2.32. The van der Waals surface area contributed by atoms with Crippen LogP contribution < -0.4 is 5.32 Å². The van der Waals surface area contributed by atoms with Gasteiger partial charge in [0.15, 0.2) is 0 Å². The Labute approximate surface area is 137 Å². The first-order valence-corrected chi connectivity index (χ1v) is 7.70. The van der Waals surface area contributed by atoms with Gasteiger partial charge in [0.25, 0.3) is 0 Å². The zero-order valence-corrected chi connectivity index (χ0v) is 14.1. The lowest BCUT2D eigenvalue weighted by Crippen LogP contribution is -2.44. The molecule has 1 fully saturated rings. The lowest BCUT2D eigenvalue weighted by molar-refractivity contribution is 0.0274. The number of hydrogen-bond acceptors (Lipinski definition) is 5. The van der Waals surface area contributed by atoms with Crippen molar-refractivity contribution in [3.05, 3.63) is 35.7 Å². The Morgan fingerprint density at radius 2 is 2.13 bits per heavy atom. The highest BCUT2D eigenvalue weighted by Crippen LogP contribution is 2.23. The zero-order valence-electron chi connectivity index (χ0n) is 14.1. The molecule has 23 heavy (non-hydrogen) atoms. The normalized spacial score (nSPS) is 17.7. The van der Waals surface area contributed by atoms with E-state index in [9.17, 15) is 4.79 Å². The summed E-state index contributed by atoms with van der Waals surface area (Å²) < 4.78 is 5.38. The van der Waals surface area contributed by atoms with E-state index in [-0.39, 0.29) is 12.6 Å². The molecule has 0 atom stereocenters. The van der Waals surface area contributed by atoms with Gasteiger partial charge in [0.2, 0.25) is 0 Å². The van der Waals surface area contributed by atoms with Crippen LogP contribution in [-0.2, 0) is 4.74 Å². The molecule has 124 valence electrons. The second kappa shape index (κ2) is 6.81. The van der Waals surface area contributed by atoms with Gasteiger partial charge in [-0.05, 0) is 39.3 Å². The molecular weight excluding hydrogens is 292 g/mol. The summed E-state index contributed by atoms with van der Waals surface area (Å²) in [7, 11) is 1.82. The van der Waals surface area contributed by atoms with Crippen LogP contribution >= 0.6 is 0 Å². The van der Waals surface area contributed by atoms with E-state index in [1.54, 1.807) is 11.1 Å². The second-order valence-corrected chi connectivity index (χ2v) is 6.45. The Morgan fingerprint density at radius 1 is 1.39 bits per heavy atom. The quantitative estimate of drug-likeness (QED) is 0.879. The summed E-state index contributed by atoms with van der Waals surface area (Å²) in [6.07, 6.45) is 1.96. The fourth-order valence-corrected chi connectivity index (χ4v) is 2.47. The summed E-state index contributed by atoms with van der Waals surface area (Å²) in [4.78, 5) is 18.1. The molecule has 0 aromatic carbocycles. The molecule has 1 aromatic heterocycles. The summed E-state index contributed by atoms with van der Waals surface area (Å²) in [5.41, 5.74) is 2.43. The van der Waals surface area contributed by atoms with Gasteiger partial charge in [-0.25, -0.2) is 4.79 Å². The highest BCUT2D eigenvalue weighted by Gasteiger charge is 2.28. The van der Waals surface area contributed by atoms with E-state index >= 15 is 0 Å². The van der Waals surface area contributed by atoms with Crippen LogP contribution in [-0.4, -0.2) is 47.4 Å². The van der Waals surface area contributed by atoms with E-state index in [4.69, 9.17) is 10.1 Å². The van der Waals surface area contributed by atoms with Crippen LogP contribution in [0.4, 0.5) is 4.79 Å². The van der Waals surface area contributed by atoms with Crippen molar-refractivity contribution in [3.8, 4) is 0 Å². The van der Waals surface area contributed by atoms with Gasteiger partial charge in [0.05, 0.1) is 23.6 Å². The average Bonchev–Trinajstić information content (AvgIpc) is 2.49. The molecule has 1 aromatic rings. The lowest BCUT2D eigenvalue weighted by atomic mass is 9.98. The van der Waals surface area contributed by atoms with Crippen molar-refractivity contribution in [1.29, 1.82) is 5.41 Å². The number of ether oxygens (including phenoxy) is 1. The molecule has 0 bridgehead atoms. The summed E-state index contributed by atoms with van der Waals surface area (Å²) in [5.74, 6) is 0. The summed E-state index contributed by atoms with van der Waals surface area (Å²) in [5, 5.41) is 11.5. The maximum Gasteiger partial charge on any atom is 0.410 e. The van der Waals surface area contributed by atoms with E-state index in [0.29, 0.717) is 18.7 Å². The first-order chi connectivity index (χ1) is 10.8. The molecule has 6 heteroatoms. The van der Waals surface area contributed by atoms with Crippen LogP contribution in [0.3, 0.4) is 0 Å². The number of nitrogens with one attached hydrogen (secondary N) is 2. The van der Waals surface area contributed by atoms with Gasteiger partial charge in [-0.3, -0.25) is 4.98 Å². The van der Waals surface area contributed by atoms with Crippen molar-refractivity contribution >= 4 is 17.5 Å². The van der Waals surface area contributed by atoms with Gasteiger partial charge < -0.3 is 20.4 Å². The predicted octanol–water partition coefficient (Wildman–Crippen LogP) is 2.67. The van der Waals surface area contributed by atoms with E-state index in [2.05, 4.69) is 10.3 Å². The van der Waals surface area contributed by atoms with Crippen LogP contribution in [0.5, 0.6) is 0 Å². The van der Waals surface area contributed by atoms with Gasteiger partial charge in [-0.15, -0.1) is 0 Å². The van der Waals surface area contributed by atoms with Crippen LogP contribution in [0, 0.1) is 5.41 Å². The SMILES string of the molecule is CN/C(=C1/CCN(C(=O)OC(C)(C)C)CC1=N)c1ccccn1. The Kier molecular flexibility index (Phi) is 5.03. The molecule has 0 spiro atoms. The summed E-state index contributed by atoms with van der Waals surface area (Å²) in [6.45, 7) is 6.30. The molecular formula is C17H24N4O2. The molecule has 2 heterocycles. The molecule has 1 aliphatic heterocycles. The summed E-state index contributed by atoms with van der Waals surface area (Å²) in [6, 6.07) is 5.68. The fraction of sp³-hybridized carbons (Fsp3) is 0.471. The third kappa shape index (κ3) is 4.31. The molecule has 0 aliphatic carbocycles. The minimum Gasteiger partial charge on any atom is -0.444 e.